The molecule has 0 atom stereocenters. The first kappa shape index (κ1) is 18.6. The van der Waals surface area contributed by atoms with Gasteiger partial charge in [0.15, 0.2) is 0 Å². The van der Waals surface area contributed by atoms with Crippen molar-refractivity contribution in [1.82, 2.24) is 4.98 Å². The molecule has 1 aromatic heterocycles. The lowest BCUT2D eigenvalue weighted by molar-refractivity contribution is 0.0601. The maximum absolute atomic E-state index is 14.4. The van der Waals surface area contributed by atoms with Gasteiger partial charge in [-0.2, -0.15) is 24.8 Å². The summed E-state index contributed by atoms with van der Waals surface area (Å²) in [4.78, 5) is 26.7. The average molecular weight is 362 g/mol. The predicted octanol–water partition coefficient (Wildman–Crippen LogP) is 2.99. The van der Waals surface area contributed by atoms with Crippen LogP contribution in [0.15, 0.2) is 30.5 Å². The van der Waals surface area contributed by atoms with Gasteiger partial charge < -0.3 is 15.2 Å². The molecular weight excluding hydrogens is 343 g/mol. The van der Waals surface area contributed by atoms with Gasteiger partial charge in [0, 0.05) is 0 Å². The number of aromatic nitrogens is 1. The Balaban J connectivity index is 2.43. The zero-order valence-corrected chi connectivity index (χ0v) is 15.4. The molecular formula is C17H19FN2O4Si-. The smallest absolute Gasteiger partial charge is 0.354 e. The molecule has 8 heteroatoms. The summed E-state index contributed by atoms with van der Waals surface area (Å²) < 4.78 is 19.1. The van der Waals surface area contributed by atoms with E-state index in [9.17, 15) is 14.0 Å². The molecule has 0 saturated heterocycles. The van der Waals surface area contributed by atoms with Crippen LogP contribution in [0, 0.1) is 5.82 Å². The van der Waals surface area contributed by atoms with Crippen LogP contribution in [0.2, 0.25) is 19.6 Å². The molecule has 25 heavy (non-hydrogen) atoms. The summed E-state index contributed by atoms with van der Waals surface area (Å²) in [6, 6.07) is 6.00. The van der Waals surface area contributed by atoms with E-state index in [0.717, 1.165) is 11.3 Å². The van der Waals surface area contributed by atoms with E-state index in [1.54, 1.807) is 6.07 Å². The SMILES string of the molecule is COC(=O)c1cc(C(=O)O)ncc1Nc1ccc([Si-](C)(C)C)cc1F. The minimum absolute atomic E-state index is 0.0384. The number of carboxylic acid groups (broad SMARTS) is 1. The number of rotatable bonds is 5. The van der Waals surface area contributed by atoms with E-state index in [1.807, 2.05) is 6.07 Å². The first-order valence-electron chi connectivity index (χ1n) is 7.52. The molecule has 6 nitrogen and oxygen atoms in total. The number of carbonyl (C=O) groups is 2. The molecule has 1 aromatic carbocycles. The lowest BCUT2D eigenvalue weighted by atomic mass is 10.1. The topological polar surface area (TPSA) is 88.5 Å². The number of ether oxygens (including phenoxy) is 1. The quantitative estimate of drug-likeness (QED) is 0.628. The lowest BCUT2D eigenvalue weighted by Crippen LogP contribution is -2.37. The number of nitrogens with one attached hydrogen (secondary N) is 1. The minimum atomic E-state index is -1.65. The Morgan fingerprint density at radius 3 is 2.40 bits per heavy atom. The van der Waals surface area contributed by atoms with Crippen LogP contribution in [0.25, 0.3) is 0 Å². The third-order valence-electron chi connectivity index (χ3n) is 3.63. The maximum Gasteiger partial charge on any atom is 0.354 e. The summed E-state index contributed by atoms with van der Waals surface area (Å²) in [6.45, 7) is 6.33. The van der Waals surface area contributed by atoms with Crippen LogP contribution in [-0.4, -0.2) is 37.2 Å². The summed E-state index contributed by atoms with van der Waals surface area (Å²) in [6.07, 6.45) is 1.17. The van der Waals surface area contributed by atoms with E-state index in [2.05, 4.69) is 34.7 Å². The molecule has 0 spiro atoms. The number of aromatic carboxylic acids is 1. The third kappa shape index (κ3) is 4.21. The minimum Gasteiger partial charge on any atom is -0.477 e. The number of carboxylic acids is 1. The Morgan fingerprint density at radius 1 is 1.20 bits per heavy atom. The predicted molar refractivity (Wildman–Crippen MR) is 95.2 cm³/mol. The zero-order chi connectivity index (χ0) is 18.8. The highest BCUT2D eigenvalue weighted by Gasteiger charge is 2.18. The van der Waals surface area contributed by atoms with Crippen LogP contribution in [0.4, 0.5) is 15.8 Å². The number of anilines is 2. The van der Waals surface area contributed by atoms with Gasteiger partial charge in [-0.25, -0.2) is 19.0 Å². The van der Waals surface area contributed by atoms with E-state index in [-0.39, 0.29) is 22.6 Å². The highest BCUT2D eigenvalue weighted by Crippen LogP contribution is 2.24. The Morgan fingerprint density at radius 2 is 1.88 bits per heavy atom. The summed E-state index contributed by atoms with van der Waals surface area (Å²) in [7, 11) is -0.477. The van der Waals surface area contributed by atoms with Gasteiger partial charge in [0.25, 0.3) is 0 Å². The van der Waals surface area contributed by atoms with Crippen molar-refractivity contribution in [2.75, 3.05) is 12.4 Å². The lowest BCUT2D eigenvalue weighted by Gasteiger charge is -2.29. The van der Waals surface area contributed by atoms with E-state index in [4.69, 9.17) is 5.11 Å². The Bertz CT molecular complexity index is 834. The molecule has 2 aromatic rings. The van der Waals surface area contributed by atoms with Gasteiger partial charge in [-0.15, -0.1) is 8.07 Å². The van der Waals surface area contributed by atoms with Gasteiger partial charge in [-0.3, -0.25) is 0 Å². The number of nitrogens with zero attached hydrogens (tertiary/aromatic N) is 1. The average Bonchev–Trinajstić information content (AvgIpc) is 2.55. The number of hydrogen-bond donors (Lipinski definition) is 2. The van der Waals surface area contributed by atoms with Crippen molar-refractivity contribution in [3.63, 3.8) is 0 Å². The summed E-state index contributed by atoms with van der Waals surface area (Å²) in [5.74, 6) is -2.48. The van der Waals surface area contributed by atoms with E-state index >= 15 is 0 Å². The Hall–Kier alpha value is -2.74. The fraction of sp³-hybridized carbons (Fsp3) is 0.235. The van der Waals surface area contributed by atoms with E-state index in [1.165, 1.54) is 19.4 Å². The second-order valence-electron chi connectivity index (χ2n) is 6.48. The zero-order valence-electron chi connectivity index (χ0n) is 14.4. The van der Waals surface area contributed by atoms with Gasteiger partial charge in [0.1, 0.15) is 11.5 Å². The molecule has 0 unspecified atom stereocenters. The van der Waals surface area contributed by atoms with Crippen LogP contribution in [0.3, 0.4) is 0 Å². The highest BCUT2D eigenvalue weighted by molar-refractivity contribution is 6.88. The fourth-order valence-electron chi connectivity index (χ4n) is 2.18. The van der Waals surface area contributed by atoms with Crippen LogP contribution >= 0.6 is 0 Å². The van der Waals surface area contributed by atoms with Gasteiger partial charge >= 0.3 is 11.9 Å². The maximum atomic E-state index is 14.4. The number of esters is 1. The van der Waals surface area contributed by atoms with Crippen LogP contribution in [-0.2, 0) is 4.74 Å². The third-order valence-corrected chi connectivity index (χ3v) is 5.68. The van der Waals surface area contributed by atoms with Crippen molar-refractivity contribution < 1.29 is 23.8 Å². The fourth-order valence-corrected chi connectivity index (χ4v) is 3.32. The van der Waals surface area contributed by atoms with Crippen molar-refractivity contribution in [2.24, 2.45) is 0 Å². The standard InChI is InChI=1S/C17H19FN2O4Si/c1-24-17(23)11-8-14(16(21)22)19-9-15(11)20-13-6-5-10(7-12(13)18)25(2,3)4/h5-9,20H,1-4H3,(H,21,22)/q-1. The number of benzene rings is 1. The molecule has 0 radical (unpaired) electrons. The van der Waals surface area contributed by atoms with E-state index < -0.39 is 25.8 Å². The molecule has 1 heterocycles. The van der Waals surface area contributed by atoms with Crippen molar-refractivity contribution >= 4 is 36.6 Å². The van der Waals surface area contributed by atoms with Crippen molar-refractivity contribution in [3.05, 3.63) is 47.5 Å². The second kappa shape index (κ2) is 7.02. The molecule has 0 aliphatic carbocycles. The Kier molecular flexibility index (Phi) is 5.22. The number of methoxy groups -OCH3 is 1. The number of halogens is 1. The van der Waals surface area contributed by atoms with Crippen molar-refractivity contribution in [2.45, 2.75) is 19.6 Å². The normalized spacial score (nSPS) is 11.1. The van der Waals surface area contributed by atoms with Crippen LogP contribution in [0.5, 0.6) is 0 Å². The van der Waals surface area contributed by atoms with Gasteiger partial charge in [-0.1, -0.05) is 12.1 Å². The van der Waals surface area contributed by atoms with Gasteiger partial charge in [-0.05, 0) is 12.1 Å². The largest absolute Gasteiger partial charge is 0.477 e. The van der Waals surface area contributed by atoms with E-state index in [0.29, 0.717) is 0 Å². The molecule has 0 amide bonds. The summed E-state index contributed by atoms with van der Waals surface area (Å²) in [5.41, 5.74) is -0.0161. The molecule has 0 aliphatic rings. The first-order valence-corrected chi connectivity index (χ1v) is 11.0. The van der Waals surface area contributed by atoms with Crippen LogP contribution in [0.1, 0.15) is 20.8 Å². The van der Waals surface area contributed by atoms with Gasteiger partial charge in [0.05, 0.1) is 30.2 Å². The molecule has 2 rings (SSSR count). The monoisotopic (exact) mass is 362 g/mol. The highest BCUT2D eigenvalue weighted by atomic mass is 28.3. The van der Waals surface area contributed by atoms with Crippen LogP contribution < -0.4 is 10.5 Å². The number of pyridine rings is 1. The molecule has 0 fully saturated rings. The molecule has 0 bridgehead atoms. The first-order chi connectivity index (χ1) is 11.6. The van der Waals surface area contributed by atoms with Crippen molar-refractivity contribution in [3.8, 4) is 0 Å². The van der Waals surface area contributed by atoms with Gasteiger partial charge in [0.2, 0.25) is 0 Å². The summed E-state index contributed by atoms with van der Waals surface area (Å²) >= 11 is 0. The number of carbonyl (C=O) groups excluding carboxylic acids is 1. The molecule has 2 N–H and O–H groups in total. The summed E-state index contributed by atoms with van der Waals surface area (Å²) in [5, 5.41) is 12.8. The van der Waals surface area contributed by atoms with Crippen molar-refractivity contribution in [1.29, 1.82) is 0 Å². The molecule has 0 saturated carbocycles. The molecule has 0 aliphatic heterocycles. The Labute approximate surface area is 145 Å². The second-order valence-corrected chi connectivity index (χ2v) is 11.6. The number of hydrogen-bond acceptors (Lipinski definition) is 5. The molecule has 133 valence electrons.